The van der Waals surface area contributed by atoms with Gasteiger partial charge in [-0.1, -0.05) is 0 Å². The molecule has 10 heteroatoms. The van der Waals surface area contributed by atoms with Crippen molar-refractivity contribution in [2.24, 2.45) is 0 Å². The van der Waals surface area contributed by atoms with Crippen LogP contribution in [0.3, 0.4) is 0 Å². The lowest BCUT2D eigenvalue weighted by Crippen LogP contribution is -2.64. The van der Waals surface area contributed by atoms with Crippen LogP contribution >= 0.6 is 6.72 Å². The number of aliphatic hydroxyl groups excluding tert-OH is 5. The molecule has 0 aromatic rings. The van der Waals surface area contributed by atoms with E-state index in [0.717, 1.165) is 0 Å². The fourth-order valence-corrected chi connectivity index (χ4v) is 2.34. The van der Waals surface area contributed by atoms with Gasteiger partial charge in [0.05, 0.1) is 0 Å². The summed E-state index contributed by atoms with van der Waals surface area (Å²) in [5, 5.41) is 46.5. The molecule has 4 atom stereocenters. The molecule has 0 aliphatic heterocycles. The van der Waals surface area contributed by atoms with Crippen molar-refractivity contribution in [3.63, 3.8) is 0 Å². The maximum atomic E-state index is 9.40. The minimum atomic E-state index is -4.17. The van der Waals surface area contributed by atoms with E-state index in [1.54, 1.807) is 0 Å². The summed E-state index contributed by atoms with van der Waals surface area (Å²) in [6.07, 6.45) is -10.6. The highest BCUT2D eigenvalue weighted by atomic mass is 32.5. The van der Waals surface area contributed by atoms with E-state index in [1.807, 2.05) is 0 Å². The lowest BCUT2D eigenvalue weighted by molar-refractivity contribution is -0.218. The molecule has 8 nitrogen and oxygen atoms in total. The Labute approximate surface area is 95.6 Å². The highest BCUT2D eigenvalue weighted by molar-refractivity contribution is 8.06. The van der Waals surface area contributed by atoms with Gasteiger partial charge in [-0.3, -0.25) is 4.52 Å². The fraction of sp³-hybridized carbons (Fsp3) is 1.00. The van der Waals surface area contributed by atoms with Crippen molar-refractivity contribution in [3.8, 4) is 0 Å². The number of rotatable bonds is 2. The SMILES string of the molecule is OC1C(O)C(O)C(OP(O)(O)=S)C(O)C1O. The summed E-state index contributed by atoms with van der Waals surface area (Å²) in [7, 11) is 0. The topological polar surface area (TPSA) is 151 Å². The van der Waals surface area contributed by atoms with Gasteiger partial charge in [0.1, 0.15) is 36.6 Å². The van der Waals surface area contributed by atoms with Crippen LogP contribution in [0.4, 0.5) is 0 Å². The molecule has 0 aromatic carbocycles. The third-order valence-electron chi connectivity index (χ3n) is 2.33. The smallest absolute Gasteiger partial charge is 0.322 e. The predicted molar refractivity (Wildman–Crippen MR) is 53.6 cm³/mol. The Morgan fingerprint density at radius 1 is 0.750 bits per heavy atom. The van der Waals surface area contributed by atoms with Crippen molar-refractivity contribution in [2.45, 2.75) is 36.6 Å². The molecule has 1 aliphatic rings. The van der Waals surface area contributed by atoms with E-state index >= 15 is 0 Å². The quantitative estimate of drug-likeness (QED) is 0.254. The van der Waals surface area contributed by atoms with E-state index in [0.29, 0.717) is 0 Å². The third-order valence-corrected chi connectivity index (χ3v) is 3.11. The molecule has 7 N–H and O–H groups in total. The number of hydrogen-bond donors (Lipinski definition) is 7. The molecule has 0 bridgehead atoms. The lowest BCUT2D eigenvalue weighted by Gasteiger charge is -2.41. The predicted octanol–water partition coefficient (Wildman–Crippen LogP) is -3.60. The largest absolute Gasteiger partial charge is 0.387 e. The summed E-state index contributed by atoms with van der Waals surface area (Å²) in [6, 6.07) is 0. The normalized spacial score (nSPS) is 45.7. The molecule has 4 unspecified atom stereocenters. The molecular weight excluding hydrogens is 263 g/mol. The van der Waals surface area contributed by atoms with Crippen LogP contribution in [-0.2, 0) is 16.3 Å². The summed E-state index contributed by atoms with van der Waals surface area (Å²) in [6.45, 7) is -4.17. The second-order valence-electron chi connectivity index (χ2n) is 3.51. The highest BCUT2D eigenvalue weighted by Gasteiger charge is 2.50. The van der Waals surface area contributed by atoms with Crippen LogP contribution < -0.4 is 0 Å². The second-order valence-corrected chi connectivity index (χ2v) is 6.13. The third kappa shape index (κ3) is 2.96. The van der Waals surface area contributed by atoms with Gasteiger partial charge in [0, 0.05) is 0 Å². The van der Waals surface area contributed by atoms with Crippen LogP contribution in [-0.4, -0.2) is 71.9 Å². The van der Waals surface area contributed by atoms with Gasteiger partial charge < -0.3 is 35.3 Å². The van der Waals surface area contributed by atoms with Gasteiger partial charge in [-0.2, -0.15) is 0 Å². The summed E-state index contributed by atoms with van der Waals surface area (Å²) in [5.74, 6) is 0. The van der Waals surface area contributed by atoms with E-state index < -0.39 is 43.3 Å². The van der Waals surface area contributed by atoms with Crippen molar-refractivity contribution < 1.29 is 39.8 Å². The molecule has 1 saturated carbocycles. The Bertz CT molecular complexity index is 278. The fourth-order valence-electron chi connectivity index (χ4n) is 1.48. The molecule has 0 heterocycles. The van der Waals surface area contributed by atoms with Crippen molar-refractivity contribution in [1.82, 2.24) is 0 Å². The van der Waals surface area contributed by atoms with Gasteiger partial charge in [0.2, 0.25) is 0 Å². The molecule has 96 valence electrons. The molecule has 0 aromatic heterocycles. The van der Waals surface area contributed by atoms with Gasteiger partial charge in [-0.05, 0) is 11.8 Å². The summed E-state index contributed by atoms with van der Waals surface area (Å²) < 4.78 is 4.40. The average molecular weight is 276 g/mol. The summed E-state index contributed by atoms with van der Waals surface area (Å²) in [4.78, 5) is 17.7. The van der Waals surface area contributed by atoms with Gasteiger partial charge in [0.25, 0.3) is 0 Å². The van der Waals surface area contributed by atoms with Crippen LogP contribution in [0.15, 0.2) is 0 Å². The monoisotopic (exact) mass is 276 g/mol. The van der Waals surface area contributed by atoms with Crippen LogP contribution in [0.2, 0.25) is 0 Å². The van der Waals surface area contributed by atoms with Crippen LogP contribution in [0.5, 0.6) is 0 Å². The van der Waals surface area contributed by atoms with E-state index in [-0.39, 0.29) is 0 Å². The zero-order valence-electron chi connectivity index (χ0n) is 7.86. The first-order valence-corrected chi connectivity index (χ1v) is 6.92. The maximum Gasteiger partial charge on any atom is 0.322 e. The number of hydrogen-bond acceptors (Lipinski definition) is 7. The minimum absolute atomic E-state index is 1.69. The first-order valence-electron chi connectivity index (χ1n) is 4.29. The Morgan fingerprint density at radius 3 is 1.38 bits per heavy atom. The van der Waals surface area contributed by atoms with Crippen molar-refractivity contribution >= 4 is 18.5 Å². The average Bonchev–Trinajstić information content (AvgIpc) is 2.17. The highest BCUT2D eigenvalue weighted by Crippen LogP contribution is 2.41. The maximum absolute atomic E-state index is 9.40. The van der Waals surface area contributed by atoms with Crippen LogP contribution in [0, 0.1) is 0 Å². The minimum Gasteiger partial charge on any atom is -0.387 e. The van der Waals surface area contributed by atoms with Crippen molar-refractivity contribution in [2.75, 3.05) is 0 Å². The summed E-state index contributed by atoms with van der Waals surface area (Å²) >= 11 is 4.13. The molecule has 1 aliphatic carbocycles. The standard InChI is InChI=1S/C6H13O8PS/c7-1-2(8)4(10)6(5(11)3(1)9)14-15(12,13)16/h1-11H,(H2,12,13,16). The van der Waals surface area contributed by atoms with Gasteiger partial charge in [-0.15, -0.1) is 0 Å². The molecule has 16 heavy (non-hydrogen) atoms. The van der Waals surface area contributed by atoms with E-state index in [1.165, 1.54) is 0 Å². The van der Waals surface area contributed by atoms with Crippen LogP contribution in [0.1, 0.15) is 0 Å². The van der Waals surface area contributed by atoms with Gasteiger partial charge in [-0.25, -0.2) is 0 Å². The van der Waals surface area contributed by atoms with Gasteiger partial charge >= 0.3 is 6.72 Å². The van der Waals surface area contributed by atoms with E-state index in [2.05, 4.69) is 16.3 Å². The summed E-state index contributed by atoms with van der Waals surface area (Å²) in [5.41, 5.74) is 0. The number of aliphatic hydroxyl groups is 5. The molecule has 0 spiro atoms. The molecule has 1 rings (SSSR count). The van der Waals surface area contributed by atoms with Crippen molar-refractivity contribution in [1.29, 1.82) is 0 Å². The molecule has 1 fully saturated rings. The van der Waals surface area contributed by atoms with Crippen LogP contribution in [0.25, 0.3) is 0 Å². The van der Waals surface area contributed by atoms with E-state index in [4.69, 9.17) is 9.79 Å². The first kappa shape index (κ1) is 14.4. The second kappa shape index (κ2) is 4.91. The Hall–Kier alpha value is 0.330. The Balaban J connectivity index is 2.87. The zero-order valence-corrected chi connectivity index (χ0v) is 9.57. The lowest BCUT2D eigenvalue weighted by atomic mass is 9.85. The molecule has 0 amide bonds. The first-order chi connectivity index (χ1) is 7.15. The van der Waals surface area contributed by atoms with E-state index in [9.17, 15) is 25.5 Å². The molecule has 0 saturated heterocycles. The molecular formula is C6H13O8PS. The molecule has 0 radical (unpaired) electrons. The Morgan fingerprint density at radius 2 is 1.06 bits per heavy atom. The zero-order chi connectivity index (χ0) is 12.7. The Kier molecular flexibility index (Phi) is 4.41. The van der Waals surface area contributed by atoms with Crippen molar-refractivity contribution in [3.05, 3.63) is 0 Å². The van der Waals surface area contributed by atoms with Gasteiger partial charge in [0.15, 0.2) is 0 Å².